The summed E-state index contributed by atoms with van der Waals surface area (Å²) in [4.78, 5) is 0. The molecule has 0 heterocycles. The van der Waals surface area contributed by atoms with Crippen LogP contribution < -0.4 is 0 Å². The number of aryl methyl sites for hydroxylation is 1. The summed E-state index contributed by atoms with van der Waals surface area (Å²) in [5.41, 5.74) is 1.41. The van der Waals surface area contributed by atoms with Crippen LogP contribution in [0.15, 0.2) is 6.07 Å². The molecule has 0 bridgehead atoms. The number of hydrogen-bond donors (Lipinski definition) is 3. The van der Waals surface area contributed by atoms with Crippen molar-refractivity contribution in [3.8, 4) is 11.5 Å². The summed E-state index contributed by atoms with van der Waals surface area (Å²) in [6, 6.07) is 1.64. The number of rotatable bonds is 15. The second-order valence-corrected chi connectivity index (χ2v) is 11.0. The van der Waals surface area contributed by atoms with Crippen LogP contribution in [0.2, 0.25) is 0 Å². The maximum absolute atomic E-state index is 10.8. The first-order chi connectivity index (χ1) is 14.4. The number of aliphatic hydroxyl groups is 1. The third kappa shape index (κ3) is 10.8. The number of hydrogen-bond acceptors (Lipinski definition) is 3. The summed E-state index contributed by atoms with van der Waals surface area (Å²) >= 11 is 0. The molecule has 3 nitrogen and oxygen atoms in total. The predicted molar refractivity (Wildman–Crippen MR) is 133 cm³/mol. The third-order valence-corrected chi connectivity index (χ3v) is 7.13. The van der Waals surface area contributed by atoms with Gasteiger partial charge in [0.15, 0.2) is 0 Å². The third-order valence-electron chi connectivity index (χ3n) is 7.13. The molecule has 1 aromatic rings. The van der Waals surface area contributed by atoms with Gasteiger partial charge in [-0.2, -0.15) is 0 Å². The first kappa shape index (κ1) is 27.8. The van der Waals surface area contributed by atoms with E-state index >= 15 is 0 Å². The molecule has 0 aromatic heterocycles. The van der Waals surface area contributed by atoms with E-state index in [-0.39, 0.29) is 11.5 Å². The first-order valence-electron chi connectivity index (χ1n) is 12.7. The Hall–Kier alpha value is -1.22. The standard InChI is InChI=1S/C28H50O3/c1-20(2)11-8-12-21(3)13-9-14-22(4)15-10-17-28(7,31)18-16-25-19-26(29)23(5)24(6)27(25)30/h19-22,29-31H,8-18H2,1-7H3/t21-,22-,28-/m1/s1. The van der Waals surface area contributed by atoms with Crippen LogP contribution in [0.3, 0.4) is 0 Å². The van der Waals surface area contributed by atoms with Crippen LogP contribution in [-0.2, 0) is 6.42 Å². The molecule has 3 heteroatoms. The van der Waals surface area contributed by atoms with Gasteiger partial charge >= 0.3 is 0 Å². The minimum Gasteiger partial charge on any atom is -0.508 e. The first-order valence-corrected chi connectivity index (χ1v) is 12.7. The average Bonchev–Trinajstić information content (AvgIpc) is 2.67. The molecule has 0 aliphatic rings. The summed E-state index contributed by atoms with van der Waals surface area (Å²) in [6.45, 7) is 14.9. The fraction of sp³-hybridized carbons (Fsp3) is 0.786. The molecule has 180 valence electrons. The van der Waals surface area contributed by atoms with Gasteiger partial charge in [-0.25, -0.2) is 0 Å². The molecule has 3 N–H and O–H groups in total. The molecule has 0 spiro atoms. The average molecular weight is 435 g/mol. The highest BCUT2D eigenvalue weighted by molar-refractivity contribution is 5.51. The number of phenolic OH excluding ortho intramolecular Hbond substituents is 2. The zero-order valence-electron chi connectivity index (χ0n) is 21.4. The lowest BCUT2D eigenvalue weighted by Gasteiger charge is -2.24. The highest BCUT2D eigenvalue weighted by Gasteiger charge is 2.22. The molecule has 0 saturated heterocycles. The molecule has 0 saturated carbocycles. The molecule has 3 atom stereocenters. The molecule has 0 aliphatic heterocycles. The second kappa shape index (κ2) is 13.4. The van der Waals surface area contributed by atoms with Crippen LogP contribution in [-0.4, -0.2) is 20.9 Å². The van der Waals surface area contributed by atoms with E-state index < -0.39 is 5.60 Å². The fourth-order valence-electron chi connectivity index (χ4n) is 4.48. The Bertz CT molecular complexity index is 648. The van der Waals surface area contributed by atoms with Crippen molar-refractivity contribution < 1.29 is 15.3 Å². The van der Waals surface area contributed by atoms with Crippen molar-refractivity contribution in [2.45, 2.75) is 125 Å². The highest BCUT2D eigenvalue weighted by atomic mass is 16.3. The number of aromatic hydroxyl groups is 2. The van der Waals surface area contributed by atoms with Crippen molar-refractivity contribution >= 4 is 0 Å². The molecule has 1 rings (SSSR count). The van der Waals surface area contributed by atoms with Crippen LogP contribution in [0.25, 0.3) is 0 Å². The molecule has 0 radical (unpaired) electrons. The number of phenols is 2. The quantitative estimate of drug-likeness (QED) is 0.246. The zero-order chi connectivity index (χ0) is 23.6. The van der Waals surface area contributed by atoms with E-state index in [1.165, 1.54) is 38.5 Å². The Morgan fingerprint density at radius 2 is 1.29 bits per heavy atom. The Balaban J connectivity index is 2.28. The van der Waals surface area contributed by atoms with E-state index in [2.05, 4.69) is 27.7 Å². The molecule has 31 heavy (non-hydrogen) atoms. The van der Waals surface area contributed by atoms with Gasteiger partial charge in [-0.1, -0.05) is 79.1 Å². The SMILES string of the molecule is Cc1c(O)cc(CC[C@](C)(O)CCC[C@H](C)CCC[C@H](C)CCCC(C)C)c(O)c1C. The summed E-state index contributed by atoms with van der Waals surface area (Å²) in [7, 11) is 0. The Kier molecular flexibility index (Phi) is 12.0. The van der Waals surface area contributed by atoms with Crippen molar-refractivity contribution in [1.82, 2.24) is 0 Å². The maximum atomic E-state index is 10.8. The molecular formula is C28H50O3. The van der Waals surface area contributed by atoms with Crippen LogP contribution in [0, 0.1) is 31.6 Å². The Morgan fingerprint density at radius 3 is 1.84 bits per heavy atom. The normalized spacial score (nSPS) is 15.8. The molecule has 0 fully saturated rings. The van der Waals surface area contributed by atoms with Crippen LogP contribution in [0.4, 0.5) is 0 Å². The minimum absolute atomic E-state index is 0.216. The Labute approximate surface area is 192 Å². The van der Waals surface area contributed by atoms with Crippen molar-refractivity contribution in [3.05, 3.63) is 22.8 Å². The minimum atomic E-state index is -0.745. The van der Waals surface area contributed by atoms with Crippen molar-refractivity contribution in [3.63, 3.8) is 0 Å². The molecular weight excluding hydrogens is 384 g/mol. The van der Waals surface area contributed by atoms with Gasteiger partial charge in [-0.3, -0.25) is 0 Å². The molecule has 0 aliphatic carbocycles. The lowest BCUT2D eigenvalue weighted by molar-refractivity contribution is 0.0385. The maximum Gasteiger partial charge on any atom is 0.122 e. The van der Waals surface area contributed by atoms with Gasteiger partial charge in [0.05, 0.1) is 5.60 Å². The largest absolute Gasteiger partial charge is 0.508 e. The van der Waals surface area contributed by atoms with Crippen LogP contribution in [0.1, 0.15) is 116 Å². The molecule has 0 unspecified atom stereocenters. The van der Waals surface area contributed by atoms with Gasteiger partial charge in [0.1, 0.15) is 11.5 Å². The van der Waals surface area contributed by atoms with Crippen molar-refractivity contribution in [2.24, 2.45) is 17.8 Å². The van der Waals surface area contributed by atoms with Gasteiger partial charge in [-0.05, 0) is 80.5 Å². The van der Waals surface area contributed by atoms with E-state index in [0.29, 0.717) is 24.3 Å². The molecule has 1 aromatic carbocycles. The number of benzene rings is 1. The van der Waals surface area contributed by atoms with E-state index in [1.54, 1.807) is 13.0 Å². The summed E-state index contributed by atoms with van der Waals surface area (Å²) in [5.74, 6) is 2.83. The van der Waals surface area contributed by atoms with E-state index in [4.69, 9.17) is 0 Å². The van der Waals surface area contributed by atoms with E-state index in [1.807, 2.05) is 13.8 Å². The lowest BCUT2D eigenvalue weighted by Crippen LogP contribution is -2.25. The monoisotopic (exact) mass is 434 g/mol. The highest BCUT2D eigenvalue weighted by Crippen LogP contribution is 2.34. The van der Waals surface area contributed by atoms with Crippen LogP contribution in [0.5, 0.6) is 11.5 Å². The van der Waals surface area contributed by atoms with Gasteiger partial charge in [0, 0.05) is 0 Å². The fourth-order valence-corrected chi connectivity index (χ4v) is 4.48. The van der Waals surface area contributed by atoms with E-state index in [9.17, 15) is 15.3 Å². The lowest BCUT2D eigenvalue weighted by atomic mass is 9.87. The van der Waals surface area contributed by atoms with E-state index in [0.717, 1.165) is 42.2 Å². The van der Waals surface area contributed by atoms with Crippen molar-refractivity contribution in [2.75, 3.05) is 0 Å². The molecule has 0 amide bonds. The summed E-state index contributed by atoms with van der Waals surface area (Å²) in [5, 5.41) is 31.2. The topological polar surface area (TPSA) is 60.7 Å². The van der Waals surface area contributed by atoms with Gasteiger partial charge in [0.2, 0.25) is 0 Å². The van der Waals surface area contributed by atoms with Gasteiger partial charge in [-0.15, -0.1) is 0 Å². The Morgan fingerprint density at radius 1 is 0.774 bits per heavy atom. The predicted octanol–water partition coefficient (Wildman–Crippen LogP) is 7.84. The summed E-state index contributed by atoms with van der Waals surface area (Å²) < 4.78 is 0. The van der Waals surface area contributed by atoms with Crippen LogP contribution >= 0.6 is 0 Å². The van der Waals surface area contributed by atoms with Crippen molar-refractivity contribution in [1.29, 1.82) is 0 Å². The zero-order valence-corrected chi connectivity index (χ0v) is 21.4. The summed E-state index contributed by atoms with van der Waals surface area (Å²) in [6.07, 6.45) is 12.1. The van der Waals surface area contributed by atoms with Gasteiger partial charge in [0.25, 0.3) is 0 Å². The second-order valence-electron chi connectivity index (χ2n) is 11.0. The van der Waals surface area contributed by atoms with Gasteiger partial charge < -0.3 is 15.3 Å². The smallest absolute Gasteiger partial charge is 0.122 e.